The number of halogens is 2. The number of anilines is 1. The first-order chi connectivity index (χ1) is 12.5. The molecule has 1 heterocycles. The van der Waals surface area contributed by atoms with Crippen molar-refractivity contribution in [3.8, 4) is 11.1 Å². The van der Waals surface area contributed by atoms with E-state index in [9.17, 15) is 9.59 Å². The van der Waals surface area contributed by atoms with Gasteiger partial charge in [0, 0.05) is 16.0 Å². The van der Waals surface area contributed by atoms with Crippen LogP contribution in [0.15, 0.2) is 53.9 Å². The summed E-state index contributed by atoms with van der Waals surface area (Å²) in [7, 11) is 1.30. The molecule has 2 aromatic carbocycles. The standard InChI is InChI=1S/C19H13Cl2NO3S/c1-25-19(24)16-14(11-6-8-12(20)9-7-11)10-26-18(16)22-17(23)13-4-2-3-5-15(13)21/h2-10H,1H3,(H,22,23). The summed E-state index contributed by atoms with van der Waals surface area (Å²) in [6.07, 6.45) is 0. The third kappa shape index (κ3) is 3.75. The van der Waals surface area contributed by atoms with Crippen LogP contribution in [0.4, 0.5) is 5.00 Å². The zero-order valence-corrected chi connectivity index (χ0v) is 15.9. The Balaban J connectivity index is 2.00. The average molecular weight is 406 g/mol. The molecule has 0 fully saturated rings. The van der Waals surface area contributed by atoms with E-state index in [1.54, 1.807) is 53.9 Å². The molecule has 0 aliphatic rings. The molecule has 3 aromatic rings. The minimum absolute atomic E-state index is 0.292. The molecule has 0 unspecified atom stereocenters. The van der Waals surface area contributed by atoms with Gasteiger partial charge in [-0.15, -0.1) is 11.3 Å². The van der Waals surface area contributed by atoms with E-state index in [0.717, 1.165) is 5.56 Å². The summed E-state index contributed by atoms with van der Waals surface area (Å²) < 4.78 is 4.90. The summed E-state index contributed by atoms with van der Waals surface area (Å²) >= 11 is 13.2. The van der Waals surface area contributed by atoms with Gasteiger partial charge in [-0.25, -0.2) is 4.79 Å². The van der Waals surface area contributed by atoms with Crippen LogP contribution >= 0.6 is 34.5 Å². The molecule has 1 amide bonds. The van der Waals surface area contributed by atoms with E-state index in [1.165, 1.54) is 18.4 Å². The predicted molar refractivity (Wildman–Crippen MR) is 106 cm³/mol. The van der Waals surface area contributed by atoms with Crippen LogP contribution < -0.4 is 5.32 Å². The molecule has 3 rings (SSSR count). The molecular formula is C19H13Cl2NO3S. The third-order valence-corrected chi connectivity index (χ3v) is 5.16. The molecule has 4 nitrogen and oxygen atoms in total. The summed E-state index contributed by atoms with van der Waals surface area (Å²) in [5, 5.41) is 5.86. The fourth-order valence-electron chi connectivity index (χ4n) is 2.41. The minimum Gasteiger partial charge on any atom is -0.465 e. The summed E-state index contributed by atoms with van der Waals surface area (Å²) in [4.78, 5) is 24.9. The Bertz CT molecular complexity index is 967. The van der Waals surface area contributed by atoms with Gasteiger partial charge in [-0.1, -0.05) is 47.5 Å². The number of hydrogen-bond acceptors (Lipinski definition) is 4. The van der Waals surface area contributed by atoms with Gasteiger partial charge in [0.2, 0.25) is 0 Å². The number of nitrogens with one attached hydrogen (secondary N) is 1. The van der Waals surface area contributed by atoms with Crippen molar-refractivity contribution >= 4 is 51.4 Å². The summed E-state index contributed by atoms with van der Waals surface area (Å²) in [6.45, 7) is 0. The molecule has 0 aliphatic heterocycles. The van der Waals surface area contributed by atoms with Crippen LogP contribution in [-0.4, -0.2) is 19.0 Å². The molecule has 1 N–H and O–H groups in total. The topological polar surface area (TPSA) is 55.4 Å². The van der Waals surface area contributed by atoms with Crippen molar-refractivity contribution in [2.24, 2.45) is 0 Å². The highest BCUT2D eigenvalue weighted by Gasteiger charge is 2.23. The molecule has 0 spiro atoms. The highest BCUT2D eigenvalue weighted by atomic mass is 35.5. The predicted octanol–water partition coefficient (Wildman–Crippen LogP) is 5.76. The minimum atomic E-state index is -0.536. The molecule has 0 saturated carbocycles. The lowest BCUT2D eigenvalue weighted by molar-refractivity contribution is 0.0603. The molecule has 132 valence electrons. The van der Waals surface area contributed by atoms with Crippen molar-refractivity contribution in [1.82, 2.24) is 0 Å². The number of amides is 1. The van der Waals surface area contributed by atoms with Gasteiger partial charge in [-0.2, -0.15) is 0 Å². The molecular weight excluding hydrogens is 393 g/mol. The summed E-state index contributed by atoms with van der Waals surface area (Å²) in [5.74, 6) is -0.934. The lowest BCUT2D eigenvalue weighted by Crippen LogP contribution is -2.14. The van der Waals surface area contributed by atoms with Crippen molar-refractivity contribution in [2.45, 2.75) is 0 Å². The van der Waals surface area contributed by atoms with Gasteiger partial charge in [0.1, 0.15) is 10.6 Å². The first-order valence-electron chi connectivity index (χ1n) is 7.53. The second-order valence-electron chi connectivity index (χ2n) is 5.29. The maximum atomic E-state index is 12.5. The molecule has 1 aromatic heterocycles. The molecule has 0 bridgehead atoms. The van der Waals surface area contributed by atoms with Gasteiger partial charge in [0.25, 0.3) is 5.91 Å². The Morgan fingerprint density at radius 3 is 2.38 bits per heavy atom. The number of carbonyl (C=O) groups is 2. The van der Waals surface area contributed by atoms with Crippen molar-refractivity contribution in [1.29, 1.82) is 0 Å². The average Bonchev–Trinajstić information content (AvgIpc) is 3.05. The number of benzene rings is 2. The van der Waals surface area contributed by atoms with E-state index in [1.807, 2.05) is 0 Å². The molecule has 7 heteroatoms. The molecule has 26 heavy (non-hydrogen) atoms. The van der Waals surface area contributed by atoms with Crippen molar-refractivity contribution in [2.75, 3.05) is 12.4 Å². The van der Waals surface area contributed by atoms with Crippen LogP contribution in [0.25, 0.3) is 11.1 Å². The van der Waals surface area contributed by atoms with E-state index in [2.05, 4.69) is 5.32 Å². The number of rotatable bonds is 4. The fourth-order valence-corrected chi connectivity index (χ4v) is 3.71. The van der Waals surface area contributed by atoms with Crippen LogP contribution in [0.2, 0.25) is 10.0 Å². The number of hydrogen-bond donors (Lipinski definition) is 1. The number of methoxy groups -OCH3 is 1. The van der Waals surface area contributed by atoms with E-state index >= 15 is 0 Å². The van der Waals surface area contributed by atoms with Crippen molar-refractivity contribution in [3.05, 3.63) is 75.1 Å². The van der Waals surface area contributed by atoms with E-state index in [-0.39, 0.29) is 0 Å². The molecule has 0 saturated heterocycles. The van der Waals surface area contributed by atoms with Crippen molar-refractivity contribution < 1.29 is 14.3 Å². The van der Waals surface area contributed by atoms with Crippen LogP contribution in [0.1, 0.15) is 20.7 Å². The van der Waals surface area contributed by atoms with Crippen LogP contribution in [-0.2, 0) is 4.74 Å². The third-order valence-electron chi connectivity index (χ3n) is 3.68. The molecule has 0 atom stereocenters. The largest absolute Gasteiger partial charge is 0.465 e. The maximum absolute atomic E-state index is 12.5. The Kier molecular flexibility index (Phi) is 5.61. The van der Waals surface area contributed by atoms with E-state index in [0.29, 0.717) is 31.7 Å². The Labute approximate surface area is 164 Å². The molecule has 0 aliphatic carbocycles. The lowest BCUT2D eigenvalue weighted by atomic mass is 10.0. The Morgan fingerprint density at radius 1 is 1.04 bits per heavy atom. The zero-order chi connectivity index (χ0) is 18.7. The molecule has 0 radical (unpaired) electrons. The Hall–Kier alpha value is -2.34. The van der Waals surface area contributed by atoms with Crippen LogP contribution in [0.3, 0.4) is 0 Å². The number of thiophene rings is 1. The van der Waals surface area contributed by atoms with Crippen LogP contribution in [0, 0.1) is 0 Å². The second kappa shape index (κ2) is 7.91. The van der Waals surface area contributed by atoms with Crippen LogP contribution in [0.5, 0.6) is 0 Å². The SMILES string of the molecule is COC(=O)c1c(-c2ccc(Cl)cc2)csc1NC(=O)c1ccccc1Cl. The summed E-state index contributed by atoms with van der Waals surface area (Å²) in [6, 6.07) is 13.8. The van der Waals surface area contributed by atoms with Gasteiger partial charge in [0.15, 0.2) is 0 Å². The lowest BCUT2D eigenvalue weighted by Gasteiger charge is -2.08. The Morgan fingerprint density at radius 2 is 1.73 bits per heavy atom. The second-order valence-corrected chi connectivity index (χ2v) is 7.01. The number of esters is 1. The fraction of sp³-hybridized carbons (Fsp3) is 0.0526. The smallest absolute Gasteiger partial charge is 0.341 e. The van der Waals surface area contributed by atoms with Gasteiger partial charge in [-0.3, -0.25) is 4.79 Å². The van der Waals surface area contributed by atoms with Gasteiger partial charge < -0.3 is 10.1 Å². The normalized spacial score (nSPS) is 10.4. The van der Waals surface area contributed by atoms with Gasteiger partial charge >= 0.3 is 5.97 Å². The first kappa shape index (κ1) is 18.5. The monoisotopic (exact) mass is 405 g/mol. The quantitative estimate of drug-likeness (QED) is 0.561. The highest BCUT2D eigenvalue weighted by molar-refractivity contribution is 7.15. The van der Waals surface area contributed by atoms with E-state index < -0.39 is 11.9 Å². The zero-order valence-electron chi connectivity index (χ0n) is 13.6. The maximum Gasteiger partial charge on any atom is 0.341 e. The van der Waals surface area contributed by atoms with E-state index in [4.69, 9.17) is 27.9 Å². The number of ether oxygens (including phenoxy) is 1. The first-order valence-corrected chi connectivity index (χ1v) is 9.16. The highest BCUT2D eigenvalue weighted by Crippen LogP contribution is 2.37. The van der Waals surface area contributed by atoms with Crippen molar-refractivity contribution in [3.63, 3.8) is 0 Å². The van der Waals surface area contributed by atoms with Gasteiger partial charge in [-0.05, 0) is 29.8 Å². The van der Waals surface area contributed by atoms with Gasteiger partial charge in [0.05, 0.1) is 17.7 Å². The summed E-state index contributed by atoms with van der Waals surface area (Å²) in [5.41, 5.74) is 2.07. The number of carbonyl (C=O) groups excluding carboxylic acids is 2.